The molecule has 2 aromatic heterocycles. The summed E-state index contributed by atoms with van der Waals surface area (Å²) >= 11 is 0. The van der Waals surface area contributed by atoms with Crippen LogP contribution in [0.4, 0.5) is 4.39 Å². The number of pyridine rings is 1. The summed E-state index contributed by atoms with van der Waals surface area (Å²) in [6, 6.07) is 9.65. The molecule has 0 N–H and O–H groups in total. The third kappa shape index (κ3) is 4.00. The van der Waals surface area contributed by atoms with E-state index >= 15 is 0 Å². The fraction of sp³-hybridized carbons (Fsp3) is 0.409. The van der Waals surface area contributed by atoms with Gasteiger partial charge < -0.3 is 9.64 Å². The number of ether oxygens (including phenoxy) is 1. The summed E-state index contributed by atoms with van der Waals surface area (Å²) in [5.74, 6) is -0.409. The molecule has 1 aromatic carbocycles. The van der Waals surface area contributed by atoms with Gasteiger partial charge in [0.1, 0.15) is 5.82 Å². The molecule has 8 heteroatoms. The number of rotatable bonds is 6. The molecule has 0 spiro atoms. The van der Waals surface area contributed by atoms with E-state index in [2.05, 4.69) is 4.98 Å². The number of piperidine rings is 1. The van der Waals surface area contributed by atoms with Crippen molar-refractivity contribution in [2.24, 2.45) is 0 Å². The van der Waals surface area contributed by atoms with E-state index in [-0.39, 0.29) is 29.9 Å². The molecule has 4 rings (SSSR count). The Kier molecular flexibility index (Phi) is 5.94. The molecular formula is C22H25FN4O3. The summed E-state index contributed by atoms with van der Waals surface area (Å²) in [4.78, 5) is 32.2. The molecule has 1 atom stereocenters. The van der Waals surface area contributed by atoms with Crippen LogP contribution < -0.4 is 5.69 Å². The maximum Gasteiger partial charge on any atom is 0.330 e. The van der Waals surface area contributed by atoms with Gasteiger partial charge in [-0.15, -0.1) is 0 Å². The van der Waals surface area contributed by atoms with Crippen LogP contribution in [0.15, 0.2) is 47.4 Å². The lowest BCUT2D eigenvalue weighted by molar-refractivity contribution is -0.132. The van der Waals surface area contributed by atoms with Gasteiger partial charge >= 0.3 is 5.69 Å². The highest BCUT2D eigenvalue weighted by molar-refractivity contribution is 5.79. The van der Waals surface area contributed by atoms with Gasteiger partial charge in [-0.2, -0.15) is 0 Å². The molecule has 1 amide bonds. The minimum absolute atomic E-state index is 0.0607. The topological polar surface area (TPSA) is 69.4 Å². The summed E-state index contributed by atoms with van der Waals surface area (Å²) in [7, 11) is 1.60. The summed E-state index contributed by atoms with van der Waals surface area (Å²) in [6.45, 7) is 1.94. The van der Waals surface area contributed by atoms with Gasteiger partial charge in [-0.3, -0.25) is 13.9 Å². The molecule has 0 unspecified atom stereocenters. The van der Waals surface area contributed by atoms with E-state index < -0.39 is 0 Å². The van der Waals surface area contributed by atoms with Crippen LogP contribution in [0.1, 0.15) is 24.4 Å². The molecule has 1 fully saturated rings. The first-order chi connectivity index (χ1) is 14.6. The van der Waals surface area contributed by atoms with Crippen LogP contribution in [0.3, 0.4) is 0 Å². The van der Waals surface area contributed by atoms with Gasteiger partial charge in [0.15, 0.2) is 5.65 Å². The van der Waals surface area contributed by atoms with E-state index in [0.29, 0.717) is 37.5 Å². The van der Waals surface area contributed by atoms with Crippen LogP contribution in [-0.4, -0.2) is 51.7 Å². The molecule has 1 aliphatic heterocycles. The van der Waals surface area contributed by atoms with Crippen LogP contribution in [0.2, 0.25) is 0 Å². The van der Waals surface area contributed by atoms with Gasteiger partial charge in [-0.1, -0.05) is 12.1 Å². The largest absolute Gasteiger partial charge is 0.383 e. The third-order valence-electron chi connectivity index (χ3n) is 5.60. The van der Waals surface area contributed by atoms with Gasteiger partial charge in [0.05, 0.1) is 31.1 Å². The molecule has 30 heavy (non-hydrogen) atoms. The average Bonchev–Trinajstić information content (AvgIpc) is 3.03. The zero-order chi connectivity index (χ0) is 21.1. The number of halogens is 1. The molecule has 0 radical (unpaired) electrons. The summed E-state index contributed by atoms with van der Waals surface area (Å²) in [5.41, 5.74) is 1.91. The smallest absolute Gasteiger partial charge is 0.330 e. The molecule has 0 saturated carbocycles. The zero-order valence-electron chi connectivity index (χ0n) is 17.0. The fourth-order valence-corrected chi connectivity index (χ4v) is 4.16. The fourth-order valence-electron chi connectivity index (χ4n) is 4.16. The molecule has 1 saturated heterocycles. The average molecular weight is 412 g/mol. The maximum absolute atomic E-state index is 13.4. The number of aromatic nitrogens is 3. The van der Waals surface area contributed by atoms with Crippen molar-refractivity contribution < 1.29 is 13.9 Å². The Bertz CT molecular complexity index is 1110. The predicted molar refractivity (Wildman–Crippen MR) is 111 cm³/mol. The first-order valence-corrected chi connectivity index (χ1v) is 10.2. The lowest BCUT2D eigenvalue weighted by Gasteiger charge is -2.33. The van der Waals surface area contributed by atoms with Gasteiger partial charge in [-0.25, -0.2) is 14.2 Å². The first-order valence-electron chi connectivity index (χ1n) is 10.2. The van der Waals surface area contributed by atoms with Crippen molar-refractivity contribution >= 4 is 17.1 Å². The number of carbonyl (C=O) groups excluding carboxylic acids is 1. The van der Waals surface area contributed by atoms with E-state index in [4.69, 9.17) is 4.74 Å². The second kappa shape index (κ2) is 8.79. The van der Waals surface area contributed by atoms with E-state index in [9.17, 15) is 14.0 Å². The number of benzene rings is 1. The summed E-state index contributed by atoms with van der Waals surface area (Å²) in [6.07, 6.45) is 3.41. The van der Waals surface area contributed by atoms with Crippen molar-refractivity contribution in [3.8, 4) is 0 Å². The van der Waals surface area contributed by atoms with Crippen molar-refractivity contribution in [3.05, 3.63) is 64.5 Å². The number of hydrogen-bond acceptors (Lipinski definition) is 4. The van der Waals surface area contributed by atoms with Crippen LogP contribution in [0, 0.1) is 5.82 Å². The summed E-state index contributed by atoms with van der Waals surface area (Å²) in [5, 5.41) is 0. The number of amides is 1. The standard InChI is InChI=1S/C22H25FN4O3/c1-30-12-11-26-19-8-3-9-24-21(19)27(22(26)29)18-7-4-10-25(15-18)20(28)14-16-5-2-6-17(23)13-16/h2-3,5-6,8-9,13,18H,4,7,10-12,14-15H2,1H3/t18-/m0/s1. The minimum atomic E-state index is -0.349. The van der Waals surface area contributed by atoms with Crippen molar-refractivity contribution in [1.82, 2.24) is 19.0 Å². The highest BCUT2D eigenvalue weighted by Crippen LogP contribution is 2.24. The van der Waals surface area contributed by atoms with Gasteiger partial charge in [0, 0.05) is 26.4 Å². The second-order valence-corrected chi connectivity index (χ2v) is 7.59. The van der Waals surface area contributed by atoms with E-state index in [1.807, 2.05) is 12.1 Å². The van der Waals surface area contributed by atoms with Crippen LogP contribution in [-0.2, 0) is 22.5 Å². The van der Waals surface area contributed by atoms with E-state index in [1.165, 1.54) is 12.1 Å². The number of imidazole rings is 1. The lowest BCUT2D eigenvalue weighted by Crippen LogP contribution is -2.43. The molecule has 0 bridgehead atoms. The van der Waals surface area contributed by atoms with Gasteiger partial charge in [0.25, 0.3) is 0 Å². The van der Waals surface area contributed by atoms with Crippen molar-refractivity contribution in [1.29, 1.82) is 0 Å². The summed E-state index contributed by atoms with van der Waals surface area (Å²) < 4.78 is 22.0. The molecule has 0 aliphatic carbocycles. The second-order valence-electron chi connectivity index (χ2n) is 7.59. The SMILES string of the molecule is COCCn1c(=O)n([C@H]2CCCN(C(=O)Cc3cccc(F)c3)C2)c2ncccc21. The lowest BCUT2D eigenvalue weighted by atomic mass is 10.0. The number of carbonyl (C=O) groups is 1. The Labute approximate surface area is 173 Å². The Balaban J connectivity index is 1.59. The van der Waals surface area contributed by atoms with E-state index in [0.717, 1.165) is 18.4 Å². The first kappa shape index (κ1) is 20.3. The molecular weight excluding hydrogens is 387 g/mol. The number of likely N-dealkylation sites (tertiary alicyclic amines) is 1. The minimum Gasteiger partial charge on any atom is -0.383 e. The van der Waals surface area contributed by atoms with Crippen molar-refractivity contribution in [3.63, 3.8) is 0 Å². The quantitative estimate of drug-likeness (QED) is 0.623. The number of methoxy groups -OCH3 is 1. The molecule has 7 nitrogen and oxygen atoms in total. The monoisotopic (exact) mass is 412 g/mol. The number of fused-ring (bicyclic) bond motifs is 1. The Hall–Kier alpha value is -3.00. The highest BCUT2D eigenvalue weighted by atomic mass is 19.1. The van der Waals surface area contributed by atoms with Crippen molar-refractivity contribution in [2.45, 2.75) is 31.8 Å². The molecule has 3 aromatic rings. The van der Waals surface area contributed by atoms with Crippen LogP contribution >= 0.6 is 0 Å². The molecule has 1 aliphatic rings. The van der Waals surface area contributed by atoms with Crippen LogP contribution in [0.5, 0.6) is 0 Å². The van der Waals surface area contributed by atoms with Gasteiger partial charge in [0.2, 0.25) is 5.91 Å². The highest BCUT2D eigenvalue weighted by Gasteiger charge is 2.28. The Morgan fingerprint density at radius 3 is 2.97 bits per heavy atom. The number of hydrogen-bond donors (Lipinski definition) is 0. The third-order valence-corrected chi connectivity index (χ3v) is 5.60. The van der Waals surface area contributed by atoms with Crippen LogP contribution in [0.25, 0.3) is 11.2 Å². The van der Waals surface area contributed by atoms with Gasteiger partial charge in [-0.05, 0) is 42.7 Å². The molecule has 158 valence electrons. The molecule has 3 heterocycles. The maximum atomic E-state index is 13.4. The predicted octanol–water partition coefficient (Wildman–Crippen LogP) is 2.39. The number of nitrogens with zero attached hydrogens (tertiary/aromatic N) is 4. The van der Waals surface area contributed by atoms with E-state index in [1.54, 1.807) is 39.5 Å². The zero-order valence-corrected chi connectivity index (χ0v) is 17.0. The normalized spacial score (nSPS) is 16.9. The Morgan fingerprint density at radius 2 is 2.17 bits per heavy atom. The van der Waals surface area contributed by atoms with Crippen molar-refractivity contribution in [2.75, 3.05) is 26.8 Å². The Morgan fingerprint density at radius 1 is 1.30 bits per heavy atom.